The molecular weight excluding hydrogens is 318 g/mol. The van der Waals surface area contributed by atoms with Gasteiger partial charge in [0.2, 0.25) is 0 Å². The number of aromatic nitrogens is 2. The first-order valence-corrected chi connectivity index (χ1v) is 8.01. The summed E-state index contributed by atoms with van der Waals surface area (Å²) in [6, 6.07) is -0.302. The van der Waals surface area contributed by atoms with E-state index in [2.05, 4.69) is 10.3 Å². The number of aryl methyl sites for hydroxylation is 1. The summed E-state index contributed by atoms with van der Waals surface area (Å²) in [4.78, 5) is 37.4. The van der Waals surface area contributed by atoms with Crippen molar-refractivity contribution in [2.75, 3.05) is 13.2 Å². The average Bonchev–Trinajstić information content (AvgIpc) is 3.18. The Morgan fingerprint density at radius 1 is 1.50 bits per heavy atom. The lowest BCUT2D eigenvalue weighted by molar-refractivity contribution is -0.152. The van der Waals surface area contributed by atoms with Gasteiger partial charge in [0.15, 0.2) is 0 Å². The molecule has 9 nitrogen and oxygen atoms in total. The van der Waals surface area contributed by atoms with E-state index < -0.39 is 29.7 Å². The minimum Gasteiger partial charge on any atom is -0.462 e. The van der Waals surface area contributed by atoms with Crippen LogP contribution in [0.1, 0.15) is 31.1 Å². The van der Waals surface area contributed by atoms with Crippen LogP contribution >= 0.6 is 0 Å². The number of rotatable bonds is 4. The number of nitrogens with one attached hydrogen (secondary N) is 2. The van der Waals surface area contributed by atoms with Crippen LogP contribution in [0.3, 0.4) is 0 Å². The molecule has 132 valence electrons. The van der Waals surface area contributed by atoms with Gasteiger partial charge in [0.25, 0.3) is 5.56 Å². The van der Waals surface area contributed by atoms with Crippen molar-refractivity contribution in [2.45, 2.75) is 50.7 Å². The Hall–Kier alpha value is -1.97. The standard InChI is InChI=1S/C15H21N3O6/c1-8-6-18(15(22)17-13(8)20)12-5-10(19)11(24-12)7-23-14(21)9-3-2-4-16-9/h6,9-12,16,19H,2-5,7H2,1H3,(H,17,20,22)/t9-,10?,11+,12+/m0/s1. The first kappa shape index (κ1) is 16.9. The highest BCUT2D eigenvalue weighted by Crippen LogP contribution is 2.28. The van der Waals surface area contributed by atoms with Gasteiger partial charge in [-0.05, 0) is 26.3 Å². The van der Waals surface area contributed by atoms with Crippen LogP contribution in [0.2, 0.25) is 0 Å². The Kier molecular flexibility index (Phi) is 4.83. The summed E-state index contributed by atoms with van der Waals surface area (Å²) in [5, 5.41) is 13.1. The molecule has 2 saturated heterocycles. The van der Waals surface area contributed by atoms with Crippen molar-refractivity contribution >= 4 is 5.97 Å². The summed E-state index contributed by atoms with van der Waals surface area (Å²) in [5.41, 5.74) is -0.685. The molecule has 2 aliphatic heterocycles. The summed E-state index contributed by atoms with van der Waals surface area (Å²) in [6.07, 6.45) is 0.958. The Balaban J connectivity index is 1.62. The lowest BCUT2D eigenvalue weighted by atomic mass is 10.2. The van der Waals surface area contributed by atoms with Gasteiger partial charge in [0.1, 0.15) is 25.0 Å². The van der Waals surface area contributed by atoms with Crippen molar-refractivity contribution in [1.82, 2.24) is 14.9 Å². The number of carbonyl (C=O) groups excluding carboxylic acids is 1. The molecule has 1 aromatic heterocycles. The fourth-order valence-electron chi connectivity index (χ4n) is 2.99. The van der Waals surface area contributed by atoms with Gasteiger partial charge in [-0.25, -0.2) is 4.79 Å². The van der Waals surface area contributed by atoms with Gasteiger partial charge >= 0.3 is 11.7 Å². The van der Waals surface area contributed by atoms with E-state index in [1.165, 1.54) is 10.8 Å². The summed E-state index contributed by atoms with van der Waals surface area (Å²) < 4.78 is 12.1. The van der Waals surface area contributed by atoms with Crippen molar-refractivity contribution < 1.29 is 19.4 Å². The molecule has 3 rings (SSSR count). The summed E-state index contributed by atoms with van der Waals surface area (Å²) in [5.74, 6) is -0.358. The first-order valence-electron chi connectivity index (χ1n) is 8.01. The van der Waals surface area contributed by atoms with E-state index in [1.54, 1.807) is 6.92 Å². The molecule has 3 N–H and O–H groups in total. The largest absolute Gasteiger partial charge is 0.462 e. The molecule has 0 aliphatic carbocycles. The van der Waals surface area contributed by atoms with Crippen LogP contribution in [-0.2, 0) is 14.3 Å². The second kappa shape index (κ2) is 6.88. The maximum absolute atomic E-state index is 11.9. The van der Waals surface area contributed by atoms with Crippen molar-refractivity contribution in [3.8, 4) is 0 Å². The smallest absolute Gasteiger partial charge is 0.330 e. The predicted molar refractivity (Wildman–Crippen MR) is 82.6 cm³/mol. The number of ether oxygens (including phenoxy) is 2. The van der Waals surface area contributed by atoms with Crippen LogP contribution in [-0.4, -0.2) is 52.0 Å². The fourth-order valence-corrected chi connectivity index (χ4v) is 2.99. The van der Waals surface area contributed by atoms with Crippen LogP contribution in [0, 0.1) is 6.92 Å². The maximum Gasteiger partial charge on any atom is 0.330 e. The number of H-pyrrole nitrogens is 1. The molecule has 0 spiro atoms. The number of esters is 1. The number of carbonyl (C=O) groups is 1. The topological polar surface area (TPSA) is 123 Å². The quantitative estimate of drug-likeness (QED) is 0.588. The molecule has 3 heterocycles. The predicted octanol–water partition coefficient (Wildman–Crippen LogP) is -1.21. The summed E-state index contributed by atoms with van der Waals surface area (Å²) >= 11 is 0. The third-order valence-corrected chi connectivity index (χ3v) is 4.39. The van der Waals surface area contributed by atoms with E-state index in [4.69, 9.17) is 9.47 Å². The Bertz CT molecular complexity index is 721. The average molecular weight is 339 g/mol. The molecule has 0 aromatic carbocycles. The van der Waals surface area contributed by atoms with E-state index in [9.17, 15) is 19.5 Å². The second-order valence-electron chi connectivity index (χ2n) is 6.19. The van der Waals surface area contributed by atoms with Crippen molar-refractivity contribution in [3.63, 3.8) is 0 Å². The van der Waals surface area contributed by atoms with Crippen LogP contribution in [0.15, 0.2) is 15.8 Å². The van der Waals surface area contributed by atoms with Gasteiger partial charge < -0.3 is 19.9 Å². The van der Waals surface area contributed by atoms with Crippen LogP contribution < -0.4 is 16.6 Å². The van der Waals surface area contributed by atoms with Crippen molar-refractivity contribution in [1.29, 1.82) is 0 Å². The molecule has 24 heavy (non-hydrogen) atoms. The number of aromatic amines is 1. The Morgan fingerprint density at radius 3 is 3.00 bits per heavy atom. The van der Waals surface area contributed by atoms with Gasteiger partial charge in [-0.2, -0.15) is 0 Å². The van der Waals surface area contributed by atoms with Crippen LogP contribution in [0.25, 0.3) is 0 Å². The van der Waals surface area contributed by atoms with Gasteiger partial charge in [0, 0.05) is 18.2 Å². The normalized spacial score (nSPS) is 29.8. The number of hydrogen-bond donors (Lipinski definition) is 3. The van der Waals surface area contributed by atoms with Crippen LogP contribution in [0.5, 0.6) is 0 Å². The zero-order valence-electron chi connectivity index (χ0n) is 13.4. The molecule has 0 bridgehead atoms. The lowest BCUT2D eigenvalue weighted by Gasteiger charge is -2.17. The van der Waals surface area contributed by atoms with E-state index in [0.717, 1.165) is 19.4 Å². The van der Waals surface area contributed by atoms with Gasteiger partial charge in [0.05, 0.1) is 6.10 Å². The van der Waals surface area contributed by atoms with Gasteiger partial charge in [-0.15, -0.1) is 0 Å². The molecule has 0 radical (unpaired) electrons. The van der Waals surface area contributed by atoms with Crippen LogP contribution in [0.4, 0.5) is 0 Å². The third kappa shape index (κ3) is 3.42. The molecule has 1 unspecified atom stereocenters. The van der Waals surface area contributed by atoms with Crippen molar-refractivity contribution in [3.05, 3.63) is 32.6 Å². The maximum atomic E-state index is 11.9. The first-order chi connectivity index (χ1) is 11.5. The summed E-state index contributed by atoms with van der Waals surface area (Å²) in [6.45, 7) is 2.29. The number of hydrogen-bond acceptors (Lipinski definition) is 7. The molecular formula is C15H21N3O6. The Labute approximate surface area is 137 Å². The molecule has 9 heteroatoms. The zero-order valence-corrected chi connectivity index (χ0v) is 13.4. The SMILES string of the molecule is Cc1cn([C@H]2CC(O)[C@@H](COC(=O)[C@@H]3CCCN3)O2)c(=O)[nH]c1=O. The number of nitrogens with zero attached hydrogens (tertiary/aromatic N) is 1. The Morgan fingerprint density at radius 2 is 2.29 bits per heavy atom. The van der Waals surface area contributed by atoms with Gasteiger partial charge in [-0.3, -0.25) is 19.1 Å². The third-order valence-electron chi connectivity index (χ3n) is 4.39. The van der Waals surface area contributed by atoms with E-state index in [-0.39, 0.29) is 25.0 Å². The fraction of sp³-hybridized carbons (Fsp3) is 0.667. The highest BCUT2D eigenvalue weighted by atomic mass is 16.6. The second-order valence-corrected chi connectivity index (χ2v) is 6.19. The molecule has 4 atom stereocenters. The molecule has 0 amide bonds. The molecule has 2 fully saturated rings. The van der Waals surface area contributed by atoms with E-state index >= 15 is 0 Å². The molecule has 0 saturated carbocycles. The number of aliphatic hydroxyl groups is 1. The highest BCUT2D eigenvalue weighted by Gasteiger charge is 2.37. The molecule has 2 aliphatic rings. The monoisotopic (exact) mass is 339 g/mol. The van der Waals surface area contributed by atoms with E-state index in [1.807, 2.05) is 0 Å². The minimum atomic E-state index is -0.863. The van der Waals surface area contributed by atoms with Gasteiger partial charge in [-0.1, -0.05) is 0 Å². The zero-order chi connectivity index (χ0) is 17.3. The van der Waals surface area contributed by atoms with E-state index in [0.29, 0.717) is 5.56 Å². The summed E-state index contributed by atoms with van der Waals surface area (Å²) in [7, 11) is 0. The molecule has 1 aromatic rings. The van der Waals surface area contributed by atoms with Crippen molar-refractivity contribution in [2.24, 2.45) is 0 Å². The minimum absolute atomic E-state index is 0.0776. The lowest BCUT2D eigenvalue weighted by Crippen LogP contribution is -2.36. The number of aliphatic hydroxyl groups excluding tert-OH is 1. The highest BCUT2D eigenvalue weighted by molar-refractivity contribution is 5.76.